The number of Topliss-reactive ketones (excluding diaryl/α,β-unsaturated/α-hetero) is 1. The minimum Gasteiger partial charge on any atom is -0.455 e. The van der Waals surface area contributed by atoms with Gasteiger partial charge in [-0.05, 0) is 81.2 Å². The van der Waals surface area contributed by atoms with Gasteiger partial charge in [-0.2, -0.15) is 0 Å². The molecule has 2 saturated carbocycles. The number of unbranched alkanes of at least 4 members (excludes halogenated alkanes) is 8. The average Bonchev–Trinajstić information content (AvgIpc) is 3.94. The number of hydrogen-bond acceptors (Lipinski definition) is 15. The molecule has 2 aliphatic heterocycles. The Morgan fingerprint density at radius 3 is 2.16 bits per heavy atom. The predicted molar refractivity (Wildman–Crippen MR) is 287 cm³/mol. The molecule has 4 fully saturated rings. The summed E-state index contributed by atoms with van der Waals surface area (Å²) in [5.41, 5.74) is -5.29. The normalized spacial score (nSPS) is 31.3. The highest BCUT2D eigenvalue weighted by Crippen LogP contribution is 2.65. The van der Waals surface area contributed by atoms with Crippen LogP contribution >= 0.6 is 0 Å². The summed E-state index contributed by atoms with van der Waals surface area (Å²) in [4.78, 5) is 71.4. The SMILES string of the molecule is CCCC/C=C\C/C=C\CCCCCCCCC1OCC(COC(=O)O[C@@H](C(=O)O[C@H]2C[C@@]3(O)[C@@H](OC(=O)c4ccccc4)[C@@H]4[C@]5(OC(C)=O)CO[C@@H]5C[C@H](O)[C@@]4(C)C(=O)[C@H](C)C(=C2C)C3(C)C)[C@@H](C)c2ccccc2)O1. The van der Waals surface area contributed by atoms with Gasteiger partial charge in [0, 0.05) is 37.0 Å². The van der Waals surface area contributed by atoms with Gasteiger partial charge in [0.25, 0.3) is 0 Å². The topological polar surface area (TPSA) is 200 Å². The summed E-state index contributed by atoms with van der Waals surface area (Å²) in [6, 6.07) is 17.1. The minimum atomic E-state index is -2.19. The molecule has 13 atom stereocenters. The summed E-state index contributed by atoms with van der Waals surface area (Å²) in [6.45, 7) is 13.4. The number of allylic oxidation sites excluding steroid dienone is 4. The monoisotopic (exact) mass is 1070 g/mol. The molecule has 2 N–H and O–H groups in total. The molecule has 2 aromatic carbocycles. The van der Waals surface area contributed by atoms with Crippen LogP contribution in [0.1, 0.15) is 167 Å². The summed E-state index contributed by atoms with van der Waals surface area (Å²) < 4.78 is 48.4. The highest BCUT2D eigenvalue weighted by Gasteiger charge is 2.77. The highest BCUT2D eigenvalue weighted by molar-refractivity contribution is 5.92. The van der Waals surface area contributed by atoms with Crippen molar-refractivity contribution in [3.63, 3.8) is 0 Å². The molecule has 2 unspecified atom stereocenters. The van der Waals surface area contributed by atoms with Gasteiger partial charge in [0.15, 0.2) is 11.9 Å². The van der Waals surface area contributed by atoms with Crippen LogP contribution < -0.4 is 0 Å². The minimum absolute atomic E-state index is 0.0687. The van der Waals surface area contributed by atoms with E-state index in [0.29, 0.717) is 23.1 Å². The molecule has 422 valence electrons. The Morgan fingerprint density at radius 2 is 1.51 bits per heavy atom. The van der Waals surface area contributed by atoms with Crippen molar-refractivity contribution in [1.82, 2.24) is 0 Å². The quantitative estimate of drug-likeness (QED) is 0.0435. The molecule has 15 heteroatoms. The maximum Gasteiger partial charge on any atom is 0.509 e. The van der Waals surface area contributed by atoms with Gasteiger partial charge in [-0.25, -0.2) is 14.4 Å². The molecule has 2 aromatic rings. The average molecular weight is 1070 g/mol. The number of hydrogen-bond donors (Lipinski definition) is 2. The fourth-order valence-electron chi connectivity index (χ4n) is 12.9. The van der Waals surface area contributed by atoms with Crippen molar-refractivity contribution in [2.45, 2.75) is 205 Å². The molecule has 3 aliphatic carbocycles. The van der Waals surface area contributed by atoms with Crippen molar-refractivity contribution in [2.24, 2.45) is 22.7 Å². The molecular weight excluding hydrogens is 985 g/mol. The van der Waals surface area contributed by atoms with Crippen molar-refractivity contribution in [1.29, 1.82) is 0 Å². The second kappa shape index (κ2) is 26.2. The first-order valence-electron chi connectivity index (χ1n) is 28.2. The fourth-order valence-corrected chi connectivity index (χ4v) is 12.9. The number of aliphatic hydroxyl groups excluding tert-OH is 1. The Balaban J connectivity index is 1.05. The van der Waals surface area contributed by atoms with Gasteiger partial charge in [0.1, 0.15) is 42.4 Å². The number of ketones is 1. The molecule has 2 saturated heterocycles. The fraction of sp³-hybridized carbons (Fsp3) is 0.629. The zero-order valence-electron chi connectivity index (χ0n) is 46.6. The van der Waals surface area contributed by atoms with Crippen LogP contribution in [0.15, 0.2) is 96.1 Å². The summed E-state index contributed by atoms with van der Waals surface area (Å²) in [7, 11) is 0. The number of benzene rings is 2. The standard InChI is InChI=1S/C62H84O15/c1-9-10-11-12-13-14-15-16-17-18-19-20-21-22-29-34-50-70-37-46(73-50)38-71-58(68)75-52(40(2)44-30-25-23-26-31-44)57(67)74-47-36-62(69)55(76-56(66)45-32-27-24-28-33-45)53-60(8,54(65)42(4)51(41(47)3)59(62,6)7)48(64)35-49-61(53,39-72-49)77-43(5)63/h12-13,15-16,23-28,30-33,40,42,46-50,52-53,55,64,69H,9-11,14,17-22,29,34-39H2,1-8H3/b13-12-,16-15-/t40-,42+,46?,47-,48-,49+,50?,52+,53-,55-,60+,61-,62+/m0/s1. The van der Waals surface area contributed by atoms with Crippen LogP contribution in [0, 0.1) is 22.7 Å². The molecule has 0 amide bonds. The third-order valence-electron chi connectivity index (χ3n) is 17.3. The van der Waals surface area contributed by atoms with E-state index >= 15 is 4.79 Å². The van der Waals surface area contributed by atoms with Gasteiger partial charge in [-0.15, -0.1) is 0 Å². The van der Waals surface area contributed by atoms with E-state index in [9.17, 15) is 29.4 Å². The second-order valence-corrected chi connectivity index (χ2v) is 22.8. The highest BCUT2D eigenvalue weighted by atomic mass is 16.8. The Kier molecular flexibility index (Phi) is 20.2. The van der Waals surface area contributed by atoms with Crippen molar-refractivity contribution in [3.05, 3.63) is 107 Å². The number of carbonyl (C=O) groups excluding carboxylic acids is 5. The van der Waals surface area contributed by atoms with E-state index in [0.717, 1.165) is 38.5 Å². The molecule has 15 nitrogen and oxygen atoms in total. The van der Waals surface area contributed by atoms with E-state index < -0.39 is 113 Å². The van der Waals surface area contributed by atoms with Crippen LogP contribution in [0.5, 0.6) is 0 Å². The van der Waals surface area contributed by atoms with Crippen molar-refractivity contribution < 1.29 is 72.1 Å². The molecule has 2 bridgehead atoms. The zero-order valence-corrected chi connectivity index (χ0v) is 46.6. The van der Waals surface area contributed by atoms with E-state index in [1.54, 1.807) is 96.1 Å². The summed E-state index contributed by atoms with van der Waals surface area (Å²) in [6.07, 6.45) is 12.9. The van der Waals surface area contributed by atoms with Crippen LogP contribution in [0.2, 0.25) is 0 Å². The van der Waals surface area contributed by atoms with Crippen molar-refractivity contribution in [3.8, 4) is 0 Å². The zero-order chi connectivity index (χ0) is 55.5. The lowest BCUT2D eigenvalue weighted by atomic mass is 9.43. The van der Waals surface area contributed by atoms with Gasteiger partial charge >= 0.3 is 24.1 Å². The maximum absolute atomic E-state index is 15.4. The largest absolute Gasteiger partial charge is 0.509 e. The number of ether oxygens (including phenoxy) is 8. The molecule has 0 radical (unpaired) electrons. The molecule has 77 heavy (non-hydrogen) atoms. The Hall–Kier alpha value is -5.19. The van der Waals surface area contributed by atoms with Crippen LogP contribution in [0.4, 0.5) is 4.79 Å². The van der Waals surface area contributed by atoms with E-state index in [1.807, 2.05) is 6.07 Å². The van der Waals surface area contributed by atoms with E-state index in [2.05, 4.69) is 31.2 Å². The molecule has 0 aromatic heterocycles. The molecular formula is C62H84O15. The Labute approximate surface area is 455 Å². The maximum atomic E-state index is 15.4. The second-order valence-electron chi connectivity index (χ2n) is 22.8. The van der Waals surface area contributed by atoms with Gasteiger partial charge in [0.05, 0.1) is 36.2 Å². The first kappa shape index (κ1) is 59.5. The van der Waals surface area contributed by atoms with E-state index in [4.69, 9.17) is 37.9 Å². The lowest BCUT2D eigenvalue weighted by Crippen LogP contribution is -2.81. The molecule has 0 spiro atoms. The number of aliphatic hydroxyl groups is 2. The number of carbonyl (C=O) groups is 5. The van der Waals surface area contributed by atoms with Crippen LogP contribution in [0.25, 0.3) is 0 Å². The summed E-state index contributed by atoms with van der Waals surface area (Å²) >= 11 is 0. The molecule has 5 aliphatic rings. The van der Waals surface area contributed by atoms with E-state index in [-0.39, 0.29) is 38.2 Å². The lowest BCUT2D eigenvalue weighted by Gasteiger charge is -2.67. The molecule has 2 heterocycles. The third-order valence-corrected chi connectivity index (χ3v) is 17.3. The Bertz CT molecular complexity index is 2430. The number of esters is 3. The van der Waals surface area contributed by atoms with Crippen molar-refractivity contribution >= 4 is 29.8 Å². The summed E-state index contributed by atoms with van der Waals surface area (Å²) in [5, 5.41) is 25.9. The molecule has 7 rings (SSSR count). The summed E-state index contributed by atoms with van der Waals surface area (Å²) in [5.74, 6) is -6.08. The van der Waals surface area contributed by atoms with Crippen LogP contribution in [-0.4, -0.2) is 114 Å². The third kappa shape index (κ3) is 13.0. The Morgan fingerprint density at radius 1 is 0.857 bits per heavy atom. The van der Waals surface area contributed by atoms with E-state index in [1.165, 1.54) is 39.0 Å². The smallest absolute Gasteiger partial charge is 0.455 e. The first-order valence-corrected chi connectivity index (χ1v) is 28.2. The van der Waals surface area contributed by atoms with Crippen LogP contribution in [-0.2, 0) is 52.3 Å². The van der Waals surface area contributed by atoms with Crippen LogP contribution in [0.3, 0.4) is 0 Å². The van der Waals surface area contributed by atoms with Crippen molar-refractivity contribution in [2.75, 3.05) is 19.8 Å². The first-order chi connectivity index (χ1) is 36.8. The van der Waals surface area contributed by atoms with Gasteiger partial charge < -0.3 is 48.1 Å². The number of fused-ring (bicyclic) bond motifs is 5. The van der Waals surface area contributed by atoms with Gasteiger partial charge in [0.2, 0.25) is 6.10 Å². The number of rotatable bonds is 24. The van der Waals surface area contributed by atoms with Gasteiger partial charge in [-0.3, -0.25) is 9.59 Å². The lowest BCUT2D eigenvalue weighted by molar-refractivity contribution is -0.345. The predicted octanol–water partition coefficient (Wildman–Crippen LogP) is 10.8. The van der Waals surface area contributed by atoms with Gasteiger partial charge in [-0.1, -0.05) is 146 Å².